The van der Waals surface area contributed by atoms with Crippen LogP contribution in [-0.2, 0) is 4.79 Å². The number of amides is 2. The van der Waals surface area contributed by atoms with Gasteiger partial charge in [0.1, 0.15) is 11.3 Å². The largest absolute Gasteiger partial charge is 0.505 e. The fourth-order valence-electron chi connectivity index (χ4n) is 3.05. The maximum atomic E-state index is 12.1. The lowest BCUT2D eigenvalue weighted by molar-refractivity contribution is -0.119. The molecule has 0 bridgehead atoms. The molecule has 1 atom stereocenters. The SMILES string of the molecule is CC(=O)NC(c1ccc(C(=O)N(C)C)cc1)c1cc(Cl)c2cccnc2c1O. The number of phenols is 1. The minimum absolute atomic E-state index is 0.0489. The van der Waals surface area contributed by atoms with Crippen molar-refractivity contribution in [3.63, 3.8) is 0 Å². The third-order valence-electron chi connectivity index (χ3n) is 4.40. The summed E-state index contributed by atoms with van der Waals surface area (Å²) in [6, 6.07) is 11.3. The minimum atomic E-state index is -0.648. The van der Waals surface area contributed by atoms with Crippen LogP contribution in [0.25, 0.3) is 10.9 Å². The molecule has 1 aromatic heterocycles. The number of aromatic nitrogens is 1. The Morgan fingerprint density at radius 3 is 2.46 bits per heavy atom. The van der Waals surface area contributed by atoms with Gasteiger partial charge in [-0.2, -0.15) is 0 Å². The molecule has 0 fully saturated rings. The van der Waals surface area contributed by atoms with Gasteiger partial charge in [0.25, 0.3) is 5.91 Å². The van der Waals surface area contributed by atoms with Gasteiger partial charge in [0.2, 0.25) is 5.91 Å². The van der Waals surface area contributed by atoms with Crippen molar-refractivity contribution in [2.24, 2.45) is 0 Å². The number of fused-ring (bicyclic) bond motifs is 1. The van der Waals surface area contributed by atoms with Crippen LogP contribution in [0.1, 0.15) is 34.5 Å². The summed E-state index contributed by atoms with van der Waals surface area (Å²) in [5.41, 5.74) is 2.02. The van der Waals surface area contributed by atoms with Gasteiger partial charge in [-0.25, -0.2) is 0 Å². The van der Waals surface area contributed by atoms with E-state index in [-0.39, 0.29) is 17.6 Å². The van der Waals surface area contributed by atoms with Crippen molar-refractivity contribution in [3.05, 3.63) is 70.4 Å². The number of hydrogen-bond acceptors (Lipinski definition) is 4. The van der Waals surface area contributed by atoms with Crippen molar-refractivity contribution >= 4 is 34.3 Å². The van der Waals surface area contributed by atoms with Gasteiger partial charge in [0, 0.05) is 43.7 Å². The van der Waals surface area contributed by atoms with Crippen molar-refractivity contribution in [1.82, 2.24) is 15.2 Å². The highest BCUT2D eigenvalue weighted by Gasteiger charge is 2.22. The van der Waals surface area contributed by atoms with Gasteiger partial charge in [-0.15, -0.1) is 0 Å². The summed E-state index contributed by atoms with van der Waals surface area (Å²) >= 11 is 6.39. The van der Waals surface area contributed by atoms with Crippen LogP contribution in [0, 0.1) is 0 Å². The molecular formula is C21H20ClN3O3. The number of pyridine rings is 1. The van der Waals surface area contributed by atoms with Crippen LogP contribution in [0.2, 0.25) is 5.02 Å². The van der Waals surface area contributed by atoms with Crippen molar-refractivity contribution in [2.45, 2.75) is 13.0 Å². The normalized spacial score (nSPS) is 11.9. The zero-order valence-corrected chi connectivity index (χ0v) is 16.5. The molecular weight excluding hydrogens is 378 g/mol. The third kappa shape index (κ3) is 3.77. The Labute approximate surface area is 167 Å². The molecule has 0 aliphatic carbocycles. The highest BCUT2D eigenvalue weighted by molar-refractivity contribution is 6.35. The first-order chi connectivity index (χ1) is 13.3. The molecule has 0 aliphatic heterocycles. The van der Waals surface area contributed by atoms with Crippen molar-refractivity contribution in [1.29, 1.82) is 0 Å². The number of carbonyl (C=O) groups excluding carboxylic acids is 2. The molecule has 1 heterocycles. The van der Waals surface area contributed by atoms with Gasteiger partial charge in [0.15, 0.2) is 0 Å². The van der Waals surface area contributed by atoms with E-state index >= 15 is 0 Å². The average Bonchev–Trinajstić information content (AvgIpc) is 2.68. The van der Waals surface area contributed by atoms with Gasteiger partial charge in [-0.3, -0.25) is 14.6 Å². The van der Waals surface area contributed by atoms with E-state index in [1.54, 1.807) is 62.8 Å². The summed E-state index contributed by atoms with van der Waals surface area (Å²) in [6.45, 7) is 1.40. The van der Waals surface area contributed by atoms with E-state index in [0.29, 0.717) is 32.6 Å². The number of carbonyl (C=O) groups is 2. The molecule has 28 heavy (non-hydrogen) atoms. The first kappa shape index (κ1) is 19.6. The van der Waals surface area contributed by atoms with Crippen molar-refractivity contribution in [3.8, 4) is 5.75 Å². The van der Waals surface area contributed by atoms with Gasteiger partial charge in [-0.1, -0.05) is 23.7 Å². The molecule has 144 valence electrons. The molecule has 1 unspecified atom stereocenters. The van der Waals surface area contributed by atoms with Gasteiger partial charge in [0.05, 0.1) is 11.1 Å². The van der Waals surface area contributed by atoms with Crippen LogP contribution in [-0.4, -0.2) is 40.9 Å². The molecule has 2 N–H and O–H groups in total. The molecule has 0 spiro atoms. The molecule has 2 aromatic carbocycles. The zero-order valence-electron chi connectivity index (χ0n) is 15.7. The van der Waals surface area contributed by atoms with E-state index in [1.165, 1.54) is 11.8 Å². The Kier molecular flexibility index (Phi) is 5.51. The van der Waals surface area contributed by atoms with Crippen LogP contribution in [0.4, 0.5) is 0 Å². The molecule has 6 nitrogen and oxygen atoms in total. The van der Waals surface area contributed by atoms with E-state index in [9.17, 15) is 14.7 Å². The third-order valence-corrected chi connectivity index (χ3v) is 4.71. The van der Waals surface area contributed by atoms with Gasteiger partial charge >= 0.3 is 0 Å². The topological polar surface area (TPSA) is 82.5 Å². The van der Waals surface area contributed by atoms with Crippen molar-refractivity contribution < 1.29 is 14.7 Å². The number of nitrogens with zero attached hydrogens (tertiary/aromatic N) is 2. The Morgan fingerprint density at radius 2 is 1.86 bits per heavy atom. The van der Waals surface area contributed by atoms with Crippen LogP contribution >= 0.6 is 11.6 Å². The lowest BCUT2D eigenvalue weighted by Crippen LogP contribution is -2.27. The second-order valence-electron chi connectivity index (χ2n) is 6.65. The second kappa shape index (κ2) is 7.86. The highest BCUT2D eigenvalue weighted by atomic mass is 35.5. The standard InChI is InChI=1S/C21H20ClN3O3/c1-12(26)24-18(13-6-8-14(9-7-13)21(28)25(2)3)16-11-17(22)15-5-4-10-23-19(15)20(16)27/h4-11,18,27H,1-3H3,(H,24,26). The lowest BCUT2D eigenvalue weighted by atomic mass is 9.95. The number of nitrogens with one attached hydrogen (secondary N) is 1. The minimum Gasteiger partial charge on any atom is -0.505 e. The molecule has 0 saturated carbocycles. The molecule has 3 rings (SSSR count). The Morgan fingerprint density at radius 1 is 1.18 bits per heavy atom. The smallest absolute Gasteiger partial charge is 0.253 e. The molecule has 0 saturated heterocycles. The second-order valence-corrected chi connectivity index (χ2v) is 7.06. The summed E-state index contributed by atoms with van der Waals surface area (Å²) < 4.78 is 0. The van der Waals surface area contributed by atoms with Gasteiger partial charge in [-0.05, 0) is 35.9 Å². The van der Waals surface area contributed by atoms with Crippen LogP contribution < -0.4 is 5.32 Å². The highest BCUT2D eigenvalue weighted by Crippen LogP contribution is 2.38. The number of hydrogen-bond donors (Lipinski definition) is 2. The monoisotopic (exact) mass is 397 g/mol. The van der Waals surface area contributed by atoms with E-state index in [0.717, 1.165) is 0 Å². The molecule has 3 aromatic rings. The summed E-state index contributed by atoms with van der Waals surface area (Å²) in [6.07, 6.45) is 1.57. The van der Waals surface area contributed by atoms with E-state index in [1.807, 2.05) is 0 Å². The number of aromatic hydroxyl groups is 1. The molecule has 0 radical (unpaired) electrons. The number of benzene rings is 2. The van der Waals surface area contributed by atoms with Crippen LogP contribution in [0.3, 0.4) is 0 Å². The average molecular weight is 398 g/mol. The quantitative estimate of drug-likeness (QED) is 0.705. The fraction of sp³-hybridized carbons (Fsp3) is 0.190. The van der Waals surface area contributed by atoms with Crippen LogP contribution in [0.5, 0.6) is 5.75 Å². The summed E-state index contributed by atoms with van der Waals surface area (Å²) in [7, 11) is 3.36. The summed E-state index contributed by atoms with van der Waals surface area (Å²) in [4.78, 5) is 29.6. The first-order valence-electron chi connectivity index (χ1n) is 8.64. The number of halogens is 1. The Balaban J connectivity index is 2.11. The summed E-state index contributed by atoms with van der Waals surface area (Å²) in [5.74, 6) is -0.439. The van der Waals surface area contributed by atoms with Crippen molar-refractivity contribution in [2.75, 3.05) is 14.1 Å². The number of phenolic OH excluding ortho intramolecular Hbond substituents is 1. The van der Waals surface area contributed by atoms with E-state index in [2.05, 4.69) is 10.3 Å². The fourth-order valence-corrected chi connectivity index (χ4v) is 3.32. The first-order valence-corrected chi connectivity index (χ1v) is 9.02. The molecule has 2 amide bonds. The predicted molar refractivity (Wildman–Crippen MR) is 109 cm³/mol. The van der Waals surface area contributed by atoms with E-state index in [4.69, 9.17) is 11.6 Å². The predicted octanol–water partition coefficient (Wildman–Crippen LogP) is 3.52. The molecule has 7 heteroatoms. The zero-order chi connectivity index (χ0) is 20.4. The maximum Gasteiger partial charge on any atom is 0.253 e. The Bertz CT molecular complexity index is 1050. The Hall–Kier alpha value is -3.12. The maximum absolute atomic E-state index is 12.1. The number of rotatable bonds is 4. The van der Waals surface area contributed by atoms with Gasteiger partial charge < -0.3 is 15.3 Å². The van der Waals surface area contributed by atoms with E-state index < -0.39 is 6.04 Å². The van der Waals surface area contributed by atoms with Crippen LogP contribution in [0.15, 0.2) is 48.7 Å². The summed E-state index contributed by atoms with van der Waals surface area (Å²) in [5, 5.41) is 14.7. The lowest BCUT2D eigenvalue weighted by Gasteiger charge is -2.21. The molecule has 0 aliphatic rings.